The summed E-state index contributed by atoms with van der Waals surface area (Å²) in [6, 6.07) is 0.212. The summed E-state index contributed by atoms with van der Waals surface area (Å²) in [5, 5.41) is 12.6. The van der Waals surface area contributed by atoms with Crippen molar-refractivity contribution in [2.75, 3.05) is 27.4 Å². The summed E-state index contributed by atoms with van der Waals surface area (Å²) in [5.41, 5.74) is 6.00. The highest BCUT2D eigenvalue weighted by molar-refractivity contribution is 6.45. The van der Waals surface area contributed by atoms with Crippen LogP contribution in [-0.2, 0) is 28.4 Å². The fraction of sp³-hybridized carbons (Fsp3) is 1.00. The van der Waals surface area contributed by atoms with Gasteiger partial charge in [-0.2, -0.15) is 0 Å². The van der Waals surface area contributed by atoms with Gasteiger partial charge in [-0.1, -0.05) is 0 Å². The van der Waals surface area contributed by atoms with Crippen molar-refractivity contribution in [1.82, 2.24) is 5.23 Å². The van der Waals surface area contributed by atoms with Crippen molar-refractivity contribution in [3.63, 3.8) is 0 Å². The van der Waals surface area contributed by atoms with Crippen molar-refractivity contribution in [3.8, 4) is 0 Å². The average molecular weight is 444 g/mol. The highest BCUT2D eigenvalue weighted by Crippen LogP contribution is 2.42. The topological polar surface area (TPSA) is 114 Å². The zero-order chi connectivity index (χ0) is 23.0. The molecule has 2 heterocycles. The standard InChI is InChI=1S/C11H22BNO4.C10H19NO3/c1-11(2)16-9-7(6-15-4)5-8(10(9)17-11)13-12(3)14;1-10(2)13-8-6(5-12-3)4-7(11)9(8)14-10/h7-10,13-14H,5-6H2,1-4H3;6-9H,4-5,11H2,1-3H3/t7-,8?,9?,10?;6-,7-,8-,9+/m11/s1. The summed E-state index contributed by atoms with van der Waals surface area (Å²) in [5.74, 6) is -0.329. The molecule has 10 heteroatoms. The van der Waals surface area contributed by atoms with Gasteiger partial charge in [0.2, 0.25) is 0 Å². The first kappa shape index (κ1) is 25.3. The van der Waals surface area contributed by atoms with Gasteiger partial charge in [0.25, 0.3) is 0 Å². The molecule has 8 atom stereocenters. The molecule has 4 aliphatic rings. The summed E-state index contributed by atoms with van der Waals surface area (Å²) >= 11 is 0. The number of fused-ring (bicyclic) bond motifs is 2. The minimum Gasteiger partial charge on any atom is -0.437 e. The molecule has 2 aliphatic heterocycles. The number of nitrogens with one attached hydrogen (secondary N) is 1. The van der Waals surface area contributed by atoms with E-state index >= 15 is 0 Å². The van der Waals surface area contributed by atoms with Crippen LogP contribution in [0.3, 0.4) is 0 Å². The Kier molecular flexibility index (Phi) is 8.10. The number of hydrogen-bond acceptors (Lipinski definition) is 9. The van der Waals surface area contributed by atoms with Crippen molar-refractivity contribution in [2.24, 2.45) is 17.6 Å². The molecular weight excluding hydrogens is 403 g/mol. The molecule has 0 aromatic rings. The predicted octanol–water partition coefficient (Wildman–Crippen LogP) is 0.741. The Balaban J connectivity index is 0.000000179. The minimum atomic E-state index is -0.541. The van der Waals surface area contributed by atoms with Crippen LogP contribution in [0.25, 0.3) is 0 Å². The van der Waals surface area contributed by atoms with Gasteiger partial charge in [-0.3, -0.25) is 0 Å². The second kappa shape index (κ2) is 9.91. The fourth-order valence-electron chi connectivity index (χ4n) is 5.44. The van der Waals surface area contributed by atoms with Gasteiger partial charge in [0.05, 0.1) is 25.4 Å². The number of nitrogens with two attached hydrogens (primary N) is 1. The number of methoxy groups -OCH3 is 2. The Morgan fingerprint density at radius 3 is 1.84 bits per heavy atom. The smallest absolute Gasteiger partial charge is 0.373 e. The molecule has 2 saturated heterocycles. The maximum absolute atomic E-state index is 9.44. The van der Waals surface area contributed by atoms with Crippen LogP contribution in [0.4, 0.5) is 0 Å². The monoisotopic (exact) mass is 444 g/mol. The van der Waals surface area contributed by atoms with Crippen LogP contribution in [0.15, 0.2) is 0 Å². The van der Waals surface area contributed by atoms with Gasteiger partial charge in [-0.05, 0) is 47.4 Å². The van der Waals surface area contributed by atoms with E-state index in [4.69, 9.17) is 34.2 Å². The normalized spacial score (nSPS) is 42.1. The molecule has 4 N–H and O–H groups in total. The second-order valence-corrected chi connectivity index (χ2v) is 10.1. The maximum Gasteiger partial charge on any atom is 0.373 e. The molecule has 0 aromatic heterocycles. The molecule has 0 amide bonds. The Morgan fingerprint density at radius 2 is 1.32 bits per heavy atom. The van der Waals surface area contributed by atoms with E-state index in [9.17, 15) is 5.02 Å². The van der Waals surface area contributed by atoms with Crippen LogP contribution >= 0.6 is 0 Å². The molecule has 4 rings (SSSR count). The third-order valence-electron chi connectivity index (χ3n) is 6.42. The number of rotatable bonds is 6. The van der Waals surface area contributed by atoms with Crippen molar-refractivity contribution >= 4 is 7.05 Å². The lowest BCUT2D eigenvalue weighted by atomic mass is 9.86. The molecular formula is C21H41BN2O7. The van der Waals surface area contributed by atoms with E-state index in [-0.39, 0.29) is 36.5 Å². The van der Waals surface area contributed by atoms with Crippen LogP contribution in [0.1, 0.15) is 40.5 Å². The van der Waals surface area contributed by atoms with Gasteiger partial charge < -0.3 is 44.4 Å². The zero-order valence-electron chi connectivity index (χ0n) is 20.0. The molecule has 0 radical (unpaired) electrons. The van der Waals surface area contributed by atoms with E-state index in [2.05, 4.69) is 5.23 Å². The molecule has 2 aliphatic carbocycles. The third kappa shape index (κ3) is 5.99. The second-order valence-electron chi connectivity index (χ2n) is 10.1. The summed E-state index contributed by atoms with van der Waals surface area (Å²) in [4.78, 5) is 0. The van der Waals surface area contributed by atoms with Gasteiger partial charge in [0.15, 0.2) is 11.6 Å². The molecule has 4 fully saturated rings. The fourth-order valence-corrected chi connectivity index (χ4v) is 5.44. The van der Waals surface area contributed by atoms with E-state index in [1.807, 2.05) is 27.7 Å². The summed E-state index contributed by atoms with van der Waals surface area (Å²) in [7, 11) is 2.87. The highest BCUT2D eigenvalue weighted by Gasteiger charge is 2.54. The maximum atomic E-state index is 9.44. The molecule has 2 saturated carbocycles. The van der Waals surface area contributed by atoms with Crippen LogP contribution < -0.4 is 11.0 Å². The molecule has 9 nitrogen and oxygen atoms in total. The van der Waals surface area contributed by atoms with E-state index < -0.39 is 18.6 Å². The Bertz CT molecular complexity index is 594. The van der Waals surface area contributed by atoms with E-state index in [1.165, 1.54) is 0 Å². The Labute approximate surface area is 186 Å². The average Bonchev–Trinajstić information content (AvgIpc) is 3.31. The zero-order valence-corrected chi connectivity index (χ0v) is 20.0. The summed E-state index contributed by atoms with van der Waals surface area (Å²) in [6.07, 6.45) is 2.05. The summed E-state index contributed by atoms with van der Waals surface area (Å²) in [6.45, 7) is 10.8. The lowest BCUT2D eigenvalue weighted by Gasteiger charge is -2.24. The van der Waals surface area contributed by atoms with Gasteiger partial charge in [-0.15, -0.1) is 0 Å². The quantitative estimate of drug-likeness (QED) is 0.511. The van der Waals surface area contributed by atoms with E-state index in [0.717, 1.165) is 12.8 Å². The molecule has 0 bridgehead atoms. The lowest BCUT2D eigenvalue weighted by Crippen LogP contribution is -2.46. The summed E-state index contributed by atoms with van der Waals surface area (Å²) < 4.78 is 33.8. The van der Waals surface area contributed by atoms with E-state index in [0.29, 0.717) is 25.0 Å². The molecule has 3 unspecified atom stereocenters. The number of ether oxygens (including phenoxy) is 6. The SMILES string of the molecule is COC[C@H]1CC(NB(C)O)C2OC(C)(C)OC21.COC[C@H]1C[C@@H](N)[C@@H]2OC(C)(C)O[C@H]12. The van der Waals surface area contributed by atoms with Crippen LogP contribution in [0.5, 0.6) is 0 Å². The first-order chi connectivity index (χ1) is 14.5. The molecule has 31 heavy (non-hydrogen) atoms. The molecule has 180 valence electrons. The number of hydrogen-bond donors (Lipinski definition) is 3. The van der Waals surface area contributed by atoms with Gasteiger partial charge in [0.1, 0.15) is 12.2 Å². The van der Waals surface area contributed by atoms with Crippen molar-refractivity contribution in [2.45, 2.75) is 95.4 Å². The first-order valence-electron chi connectivity index (χ1n) is 11.3. The predicted molar refractivity (Wildman–Crippen MR) is 116 cm³/mol. The van der Waals surface area contributed by atoms with E-state index in [1.54, 1.807) is 21.0 Å². The minimum absolute atomic E-state index is 0.000231. The molecule has 0 spiro atoms. The van der Waals surface area contributed by atoms with Crippen LogP contribution in [0, 0.1) is 11.8 Å². The van der Waals surface area contributed by atoms with Crippen molar-refractivity contribution in [3.05, 3.63) is 0 Å². The Hall–Kier alpha value is -0.295. The van der Waals surface area contributed by atoms with Gasteiger partial charge >= 0.3 is 7.05 Å². The lowest BCUT2D eigenvalue weighted by molar-refractivity contribution is -0.160. The first-order valence-corrected chi connectivity index (χ1v) is 11.3. The van der Waals surface area contributed by atoms with Crippen LogP contribution in [0.2, 0.25) is 6.82 Å². The van der Waals surface area contributed by atoms with Gasteiger partial charge in [-0.25, -0.2) is 0 Å². The van der Waals surface area contributed by atoms with Crippen LogP contribution in [-0.4, -0.2) is 87.6 Å². The molecule has 0 aromatic carbocycles. The third-order valence-corrected chi connectivity index (χ3v) is 6.42. The highest BCUT2D eigenvalue weighted by atomic mass is 16.8. The largest absolute Gasteiger partial charge is 0.437 e. The van der Waals surface area contributed by atoms with Crippen molar-refractivity contribution in [1.29, 1.82) is 0 Å². The van der Waals surface area contributed by atoms with Gasteiger partial charge in [0, 0.05) is 38.1 Å². The van der Waals surface area contributed by atoms with Crippen molar-refractivity contribution < 1.29 is 33.4 Å². The Morgan fingerprint density at radius 1 is 0.871 bits per heavy atom.